The molecular weight excluding hydrogens is 313 g/mol. The van der Waals surface area contributed by atoms with Crippen molar-refractivity contribution in [3.8, 4) is 0 Å². The van der Waals surface area contributed by atoms with E-state index in [-0.39, 0.29) is 11.9 Å². The zero-order valence-electron chi connectivity index (χ0n) is 10.2. The lowest BCUT2D eigenvalue weighted by molar-refractivity contribution is 0.160. The van der Waals surface area contributed by atoms with Crippen LogP contribution in [0, 0.1) is 5.82 Å². The molecule has 0 fully saturated rings. The van der Waals surface area contributed by atoms with Gasteiger partial charge in [0, 0.05) is 12.4 Å². The molecule has 19 heavy (non-hydrogen) atoms. The first-order valence-corrected chi connectivity index (χ1v) is 6.53. The number of benzene rings is 1. The van der Waals surface area contributed by atoms with E-state index in [9.17, 15) is 9.50 Å². The Balaban J connectivity index is 2.04. The largest absolute Gasteiger partial charge is 0.386 e. The van der Waals surface area contributed by atoms with Crippen LogP contribution in [0.4, 0.5) is 10.3 Å². The molecule has 2 atom stereocenters. The van der Waals surface area contributed by atoms with E-state index in [1.807, 2.05) is 0 Å². The Hall–Kier alpha value is -1.53. The molecule has 0 radical (unpaired) electrons. The van der Waals surface area contributed by atoms with Crippen molar-refractivity contribution in [2.75, 3.05) is 5.32 Å². The molecule has 0 aliphatic rings. The van der Waals surface area contributed by atoms with Crippen molar-refractivity contribution in [3.63, 3.8) is 0 Å². The van der Waals surface area contributed by atoms with Gasteiger partial charge < -0.3 is 10.4 Å². The number of nitrogens with zero attached hydrogens (tertiary/aromatic N) is 2. The molecule has 4 nitrogen and oxygen atoms in total. The van der Waals surface area contributed by atoms with E-state index >= 15 is 0 Å². The van der Waals surface area contributed by atoms with Gasteiger partial charge in [0.2, 0.25) is 5.95 Å². The zero-order valence-corrected chi connectivity index (χ0v) is 11.8. The van der Waals surface area contributed by atoms with E-state index in [4.69, 9.17) is 0 Å². The van der Waals surface area contributed by atoms with Crippen LogP contribution in [0.15, 0.2) is 41.1 Å². The van der Waals surface area contributed by atoms with Gasteiger partial charge in [-0.3, -0.25) is 0 Å². The highest BCUT2D eigenvalue weighted by molar-refractivity contribution is 9.10. The van der Waals surface area contributed by atoms with Crippen molar-refractivity contribution in [3.05, 3.63) is 52.5 Å². The summed E-state index contributed by atoms with van der Waals surface area (Å²) >= 11 is 3.25. The Labute approximate surface area is 118 Å². The van der Waals surface area contributed by atoms with Gasteiger partial charge in [0.15, 0.2) is 0 Å². The third kappa shape index (κ3) is 3.71. The van der Waals surface area contributed by atoms with Crippen LogP contribution >= 0.6 is 15.9 Å². The number of nitrogens with one attached hydrogen (secondary N) is 1. The third-order valence-electron chi connectivity index (χ3n) is 2.66. The number of hydrogen-bond donors (Lipinski definition) is 2. The van der Waals surface area contributed by atoms with E-state index in [1.54, 1.807) is 31.5 Å². The zero-order chi connectivity index (χ0) is 13.8. The lowest BCUT2D eigenvalue weighted by Crippen LogP contribution is -2.25. The molecule has 1 aromatic carbocycles. The molecule has 2 aromatic rings. The Kier molecular flexibility index (Phi) is 4.44. The lowest BCUT2D eigenvalue weighted by Gasteiger charge is -2.20. The number of hydrogen-bond acceptors (Lipinski definition) is 4. The molecule has 0 aliphatic carbocycles. The minimum Gasteiger partial charge on any atom is -0.386 e. The quantitative estimate of drug-likeness (QED) is 0.907. The fourth-order valence-electron chi connectivity index (χ4n) is 1.62. The molecule has 6 heteroatoms. The van der Waals surface area contributed by atoms with E-state index < -0.39 is 6.10 Å². The van der Waals surface area contributed by atoms with Gasteiger partial charge in [-0.2, -0.15) is 0 Å². The standard InChI is InChI=1S/C13H13BrFN3O/c1-8(18-13-16-6-10(14)7-17-13)12(19)9-2-4-11(15)5-3-9/h2-8,12,19H,1H3,(H,16,17,18). The highest BCUT2D eigenvalue weighted by Crippen LogP contribution is 2.19. The van der Waals surface area contributed by atoms with E-state index in [0.29, 0.717) is 11.5 Å². The van der Waals surface area contributed by atoms with Crippen LogP contribution in [-0.4, -0.2) is 21.1 Å². The molecule has 0 aliphatic heterocycles. The first kappa shape index (κ1) is 13.9. The predicted molar refractivity (Wildman–Crippen MR) is 74.2 cm³/mol. The van der Waals surface area contributed by atoms with Crippen LogP contribution in [0.25, 0.3) is 0 Å². The summed E-state index contributed by atoms with van der Waals surface area (Å²) in [5.74, 6) is 0.102. The number of anilines is 1. The van der Waals surface area contributed by atoms with Crippen molar-refractivity contribution in [1.29, 1.82) is 0 Å². The highest BCUT2D eigenvalue weighted by atomic mass is 79.9. The molecule has 2 unspecified atom stereocenters. The molecule has 1 aromatic heterocycles. The first-order chi connectivity index (χ1) is 9.06. The third-order valence-corrected chi connectivity index (χ3v) is 3.07. The van der Waals surface area contributed by atoms with Crippen LogP contribution < -0.4 is 5.32 Å². The number of aliphatic hydroxyl groups is 1. The van der Waals surface area contributed by atoms with Gasteiger partial charge in [-0.15, -0.1) is 0 Å². The Bertz CT molecular complexity index is 533. The summed E-state index contributed by atoms with van der Waals surface area (Å²) in [6.07, 6.45) is 2.46. The maximum atomic E-state index is 12.8. The second-order valence-electron chi connectivity index (χ2n) is 4.15. The van der Waals surface area contributed by atoms with E-state index in [0.717, 1.165) is 4.47 Å². The van der Waals surface area contributed by atoms with Gasteiger partial charge >= 0.3 is 0 Å². The summed E-state index contributed by atoms with van der Waals surface area (Å²) in [5, 5.41) is 13.1. The number of aliphatic hydroxyl groups excluding tert-OH is 1. The van der Waals surface area contributed by atoms with E-state index in [2.05, 4.69) is 31.2 Å². The SMILES string of the molecule is CC(Nc1ncc(Br)cn1)C(O)c1ccc(F)cc1. The van der Waals surface area contributed by atoms with Gasteiger partial charge in [0.05, 0.1) is 16.6 Å². The maximum absolute atomic E-state index is 12.8. The minimum absolute atomic E-state index is 0.299. The smallest absolute Gasteiger partial charge is 0.222 e. The molecule has 0 amide bonds. The van der Waals surface area contributed by atoms with Gasteiger partial charge in [0.25, 0.3) is 0 Å². The average molecular weight is 326 g/mol. The Morgan fingerprint density at radius 2 is 1.79 bits per heavy atom. The summed E-state index contributed by atoms with van der Waals surface area (Å²) in [6.45, 7) is 1.80. The maximum Gasteiger partial charge on any atom is 0.222 e. The molecule has 0 saturated carbocycles. The van der Waals surface area contributed by atoms with E-state index in [1.165, 1.54) is 12.1 Å². The first-order valence-electron chi connectivity index (χ1n) is 5.74. The number of aromatic nitrogens is 2. The predicted octanol–water partition coefficient (Wildman–Crippen LogP) is 2.91. The van der Waals surface area contributed by atoms with Gasteiger partial charge in [0.1, 0.15) is 5.82 Å². The van der Waals surface area contributed by atoms with Crippen molar-refractivity contribution < 1.29 is 9.50 Å². The summed E-state index contributed by atoms with van der Waals surface area (Å²) in [7, 11) is 0. The summed E-state index contributed by atoms with van der Waals surface area (Å²) in [4.78, 5) is 8.14. The molecular formula is C13H13BrFN3O. The van der Waals surface area contributed by atoms with Crippen LogP contribution in [-0.2, 0) is 0 Å². The second-order valence-corrected chi connectivity index (χ2v) is 5.07. The average Bonchev–Trinajstić information content (AvgIpc) is 2.41. The molecule has 2 rings (SSSR count). The monoisotopic (exact) mass is 325 g/mol. The molecule has 100 valence electrons. The van der Waals surface area contributed by atoms with Gasteiger partial charge in [-0.25, -0.2) is 14.4 Å². The summed E-state index contributed by atoms with van der Waals surface area (Å²) in [6, 6.07) is 5.45. The molecule has 2 N–H and O–H groups in total. The fraction of sp³-hybridized carbons (Fsp3) is 0.231. The minimum atomic E-state index is -0.771. The van der Waals surface area contributed by atoms with Crippen LogP contribution in [0.3, 0.4) is 0 Å². The van der Waals surface area contributed by atoms with Crippen LogP contribution in [0.2, 0.25) is 0 Å². The lowest BCUT2D eigenvalue weighted by atomic mass is 10.0. The van der Waals surface area contributed by atoms with Crippen molar-refractivity contribution >= 4 is 21.9 Å². The number of halogens is 2. The van der Waals surface area contributed by atoms with Crippen molar-refractivity contribution in [1.82, 2.24) is 9.97 Å². The molecule has 0 spiro atoms. The van der Waals surface area contributed by atoms with Crippen LogP contribution in [0.5, 0.6) is 0 Å². The van der Waals surface area contributed by atoms with Crippen molar-refractivity contribution in [2.45, 2.75) is 19.1 Å². The highest BCUT2D eigenvalue weighted by Gasteiger charge is 2.17. The van der Waals surface area contributed by atoms with Crippen molar-refractivity contribution in [2.24, 2.45) is 0 Å². The van der Waals surface area contributed by atoms with Gasteiger partial charge in [-0.05, 0) is 40.5 Å². The molecule has 0 bridgehead atoms. The molecule has 0 saturated heterocycles. The second kappa shape index (κ2) is 6.08. The normalized spacial score (nSPS) is 13.9. The molecule has 1 heterocycles. The number of rotatable bonds is 4. The summed E-state index contributed by atoms with van der Waals surface area (Å²) < 4.78 is 13.6. The topological polar surface area (TPSA) is 58.0 Å². The van der Waals surface area contributed by atoms with Gasteiger partial charge in [-0.1, -0.05) is 12.1 Å². The fourth-order valence-corrected chi connectivity index (χ4v) is 1.82. The Morgan fingerprint density at radius 3 is 2.37 bits per heavy atom. The Morgan fingerprint density at radius 1 is 1.21 bits per heavy atom. The van der Waals surface area contributed by atoms with Crippen LogP contribution in [0.1, 0.15) is 18.6 Å². The summed E-state index contributed by atoms with van der Waals surface area (Å²) in [5.41, 5.74) is 0.638.